The Hall–Kier alpha value is -0.123. The van der Waals surface area contributed by atoms with Crippen LogP contribution in [0.1, 0.15) is 33.6 Å². The van der Waals surface area contributed by atoms with E-state index < -0.39 is 8.32 Å². The maximum absolute atomic E-state index is 9.37. The molecule has 0 bridgehead atoms. The highest BCUT2D eigenvalue weighted by molar-refractivity contribution is 6.74. The molecule has 0 aromatic heterocycles. The lowest BCUT2D eigenvalue weighted by molar-refractivity contribution is 0.121. The third-order valence-electron chi connectivity index (χ3n) is 4.41. The monoisotopic (exact) mass is 256 g/mol. The fourth-order valence-electron chi connectivity index (χ4n) is 1.89. The van der Waals surface area contributed by atoms with Gasteiger partial charge in [-0.15, -0.1) is 0 Å². The molecule has 2 atom stereocenters. The minimum atomic E-state index is -1.64. The van der Waals surface area contributed by atoms with E-state index in [0.29, 0.717) is 11.8 Å². The second-order valence-electron chi connectivity index (χ2n) is 6.72. The van der Waals surface area contributed by atoms with E-state index in [0.717, 1.165) is 19.4 Å². The van der Waals surface area contributed by atoms with Crippen molar-refractivity contribution in [3.05, 3.63) is 12.2 Å². The Bertz CT molecular complexity index is 266. The van der Waals surface area contributed by atoms with Gasteiger partial charge >= 0.3 is 0 Å². The molecule has 1 rings (SSSR count). The largest absolute Gasteiger partial charge is 0.417 e. The molecule has 0 fully saturated rings. The SMILES string of the molecule is CC(C)(C)[Si](C)(C)OC[C@H]1CC=CC[C@H]1CO. The van der Waals surface area contributed by atoms with E-state index in [1.165, 1.54) is 0 Å². The first kappa shape index (κ1) is 14.9. The predicted molar refractivity (Wildman–Crippen MR) is 75.6 cm³/mol. The molecule has 0 spiro atoms. The average Bonchev–Trinajstić information content (AvgIpc) is 2.25. The normalized spacial score (nSPS) is 26.2. The van der Waals surface area contributed by atoms with Crippen molar-refractivity contribution < 1.29 is 9.53 Å². The number of allylic oxidation sites excluding steroid dienone is 2. The summed E-state index contributed by atoms with van der Waals surface area (Å²) < 4.78 is 6.26. The summed E-state index contributed by atoms with van der Waals surface area (Å²) in [6.45, 7) is 12.5. The molecule has 1 aliphatic rings. The molecule has 0 amide bonds. The van der Waals surface area contributed by atoms with Crippen molar-refractivity contribution in [3.8, 4) is 0 Å². The highest BCUT2D eigenvalue weighted by Crippen LogP contribution is 2.37. The van der Waals surface area contributed by atoms with E-state index in [2.05, 4.69) is 46.0 Å². The average molecular weight is 256 g/mol. The van der Waals surface area contributed by atoms with Crippen LogP contribution in [-0.4, -0.2) is 26.6 Å². The number of rotatable bonds is 4. The molecule has 1 N–H and O–H groups in total. The number of aliphatic hydroxyl groups is 1. The van der Waals surface area contributed by atoms with Crippen LogP contribution in [0.2, 0.25) is 18.1 Å². The third-order valence-corrected chi connectivity index (χ3v) is 8.91. The summed E-state index contributed by atoms with van der Waals surface area (Å²) in [6, 6.07) is 0. The summed E-state index contributed by atoms with van der Waals surface area (Å²) >= 11 is 0. The van der Waals surface area contributed by atoms with E-state index in [-0.39, 0.29) is 11.6 Å². The van der Waals surface area contributed by atoms with Gasteiger partial charge in [-0.05, 0) is 42.8 Å². The first-order valence-corrected chi connectivity index (χ1v) is 9.58. The molecule has 0 radical (unpaired) electrons. The lowest BCUT2D eigenvalue weighted by Gasteiger charge is -2.38. The fourth-order valence-corrected chi connectivity index (χ4v) is 2.95. The third kappa shape index (κ3) is 3.93. The molecular formula is C14H28O2Si. The van der Waals surface area contributed by atoms with Crippen LogP contribution in [0.15, 0.2) is 12.2 Å². The summed E-state index contributed by atoms with van der Waals surface area (Å²) in [5.41, 5.74) is 0. The van der Waals surface area contributed by atoms with E-state index in [9.17, 15) is 5.11 Å². The van der Waals surface area contributed by atoms with Gasteiger partial charge < -0.3 is 9.53 Å². The Morgan fingerprint density at radius 3 is 2.18 bits per heavy atom. The van der Waals surface area contributed by atoms with Crippen LogP contribution in [-0.2, 0) is 4.43 Å². The first-order valence-electron chi connectivity index (χ1n) is 6.68. The van der Waals surface area contributed by atoms with Gasteiger partial charge in [0.1, 0.15) is 0 Å². The summed E-state index contributed by atoms with van der Waals surface area (Å²) in [6.07, 6.45) is 6.47. The highest BCUT2D eigenvalue weighted by atomic mass is 28.4. The Balaban J connectivity index is 2.52. The maximum atomic E-state index is 9.37. The molecule has 3 heteroatoms. The molecule has 0 unspecified atom stereocenters. The molecule has 0 aromatic carbocycles. The quantitative estimate of drug-likeness (QED) is 0.615. The van der Waals surface area contributed by atoms with Crippen LogP contribution >= 0.6 is 0 Å². The van der Waals surface area contributed by atoms with Crippen LogP contribution in [0.5, 0.6) is 0 Å². The number of aliphatic hydroxyl groups excluding tert-OH is 1. The van der Waals surface area contributed by atoms with Gasteiger partial charge in [0, 0.05) is 13.2 Å². The first-order chi connectivity index (χ1) is 7.78. The van der Waals surface area contributed by atoms with Crippen molar-refractivity contribution in [1.29, 1.82) is 0 Å². The van der Waals surface area contributed by atoms with Crippen LogP contribution in [0.3, 0.4) is 0 Å². The van der Waals surface area contributed by atoms with Gasteiger partial charge in [-0.3, -0.25) is 0 Å². The minimum absolute atomic E-state index is 0.270. The Labute approximate surface area is 107 Å². The predicted octanol–water partition coefficient (Wildman–Crippen LogP) is 3.58. The Kier molecular flexibility index (Phi) is 4.99. The molecular weight excluding hydrogens is 228 g/mol. The molecule has 0 aliphatic heterocycles. The second kappa shape index (κ2) is 5.68. The van der Waals surface area contributed by atoms with E-state index in [1.807, 2.05) is 0 Å². The van der Waals surface area contributed by atoms with Gasteiger partial charge in [-0.2, -0.15) is 0 Å². The number of hydrogen-bond donors (Lipinski definition) is 1. The molecule has 0 heterocycles. The highest BCUT2D eigenvalue weighted by Gasteiger charge is 2.38. The molecule has 17 heavy (non-hydrogen) atoms. The zero-order valence-corrected chi connectivity index (χ0v) is 13.0. The zero-order chi connectivity index (χ0) is 13.1. The van der Waals surface area contributed by atoms with Crippen molar-refractivity contribution in [1.82, 2.24) is 0 Å². The molecule has 0 saturated carbocycles. The van der Waals surface area contributed by atoms with Crippen molar-refractivity contribution in [2.45, 2.75) is 51.7 Å². The molecule has 2 nitrogen and oxygen atoms in total. The van der Waals surface area contributed by atoms with Crippen LogP contribution in [0.4, 0.5) is 0 Å². The molecule has 1 aliphatic carbocycles. The van der Waals surface area contributed by atoms with E-state index in [1.54, 1.807) is 0 Å². The molecule has 0 aromatic rings. The van der Waals surface area contributed by atoms with Crippen molar-refractivity contribution in [2.24, 2.45) is 11.8 Å². The van der Waals surface area contributed by atoms with Gasteiger partial charge in [-0.25, -0.2) is 0 Å². The minimum Gasteiger partial charge on any atom is -0.417 e. The topological polar surface area (TPSA) is 29.5 Å². The lowest BCUT2D eigenvalue weighted by Crippen LogP contribution is -2.42. The fraction of sp³-hybridized carbons (Fsp3) is 0.857. The summed E-state index contributed by atoms with van der Waals surface area (Å²) in [5, 5.41) is 9.64. The van der Waals surface area contributed by atoms with Crippen molar-refractivity contribution >= 4 is 8.32 Å². The van der Waals surface area contributed by atoms with Gasteiger partial charge in [0.15, 0.2) is 8.32 Å². The van der Waals surface area contributed by atoms with Crippen molar-refractivity contribution in [2.75, 3.05) is 13.2 Å². The zero-order valence-electron chi connectivity index (χ0n) is 12.0. The van der Waals surface area contributed by atoms with Gasteiger partial charge in [-0.1, -0.05) is 32.9 Å². The summed E-state index contributed by atoms with van der Waals surface area (Å²) in [5.74, 6) is 0.892. The number of hydrogen-bond acceptors (Lipinski definition) is 2. The van der Waals surface area contributed by atoms with Gasteiger partial charge in [0.2, 0.25) is 0 Å². The van der Waals surface area contributed by atoms with Gasteiger partial charge in [0.05, 0.1) is 0 Å². The Morgan fingerprint density at radius 2 is 1.71 bits per heavy atom. The lowest BCUT2D eigenvalue weighted by atomic mass is 9.84. The molecule has 0 saturated heterocycles. The smallest absolute Gasteiger partial charge is 0.191 e. The molecule has 100 valence electrons. The van der Waals surface area contributed by atoms with Crippen molar-refractivity contribution in [3.63, 3.8) is 0 Å². The summed E-state index contributed by atoms with van der Waals surface area (Å²) in [7, 11) is -1.64. The van der Waals surface area contributed by atoms with Crippen LogP contribution < -0.4 is 0 Å². The summed E-state index contributed by atoms with van der Waals surface area (Å²) in [4.78, 5) is 0. The van der Waals surface area contributed by atoms with E-state index >= 15 is 0 Å². The van der Waals surface area contributed by atoms with Gasteiger partial charge in [0.25, 0.3) is 0 Å². The Morgan fingerprint density at radius 1 is 1.18 bits per heavy atom. The van der Waals surface area contributed by atoms with Crippen LogP contribution in [0, 0.1) is 11.8 Å². The van der Waals surface area contributed by atoms with E-state index in [4.69, 9.17) is 4.43 Å². The second-order valence-corrected chi connectivity index (χ2v) is 11.5. The van der Waals surface area contributed by atoms with Crippen LogP contribution in [0.25, 0.3) is 0 Å². The maximum Gasteiger partial charge on any atom is 0.191 e. The standard InChI is InChI=1S/C14H28O2Si/c1-14(2,3)17(4,5)16-11-13-9-7-6-8-12(13)10-15/h6-7,12-13,15H,8-11H2,1-5H3/t12-,13+/m0/s1.